The summed E-state index contributed by atoms with van der Waals surface area (Å²) in [4.78, 5) is 25.7. The third kappa shape index (κ3) is 5.22. The summed E-state index contributed by atoms with van der Waals surface area (Å²) in [7, 11) is 1.88. The summed E-state index contributed by atoms with van der Waals surface area (Å²) in [5.41, 5.74) is 1.54. The third-order valence-corrected chi connectivity index (χ3v) is 7.00. The van der Waals surface area contributed by atoms with Gasteiger partial charge in [0.25, 0.3) is 5.91 Å². The Balaban J connectivity index is 1.44. The molecule has 0 spiro atoms. The molecule has 0 radical (unpaired) electrons. The minimum absolute atomic E-state index is 0.0828. The van der Waals surface area contributed by atoms with E-state index in [1.54, 1.807) is 29.7 Å². The first-order chi connectivity index (χ1) is 18.1. The molecular weight excluding hydrogens is 524 g/mol. The van der Waals surface area contributed by atoms with Crippen molar-refractivity contribution in [1.29, 1.82) is 0 Å². The van der Waals surface area contributed by atoms with Gasteiger partial charge in [0.2, 0.25) is 0 Å². The van der Waals surface area contributed by atoms with Crippen LogP contribution in [0.15, 0.2) is 42.3 Å². The molecule has 5 rings (SSSR count). The number of alkyl halides is 3. The lowest BCUT2D eigenvalue weighted by Crippen LogP contribution is -2.45. The maximum absolute atomic E-state index is 15.0. The molecule has 0 bridgehead atoms. The number of thiazole rings is 1. The van der Waals surface area contributed by atoms with E-state index in [2.05, 4.69) is 25.6 Å². The first-order valence-corrected chi connectivity index (χ1v) is 12.4. The van der Waals surface area contributed by atoms with Crippen molar-refractivity contribution in [1.82, 2.24) is 29.9 Å². The number of aryl methyl sites for hydroxylation is 1. The molecule has 1 saturated heterocycles. The molecule has 198 valence electrons. The number of carbonyl (C=O) groups is 1. The molecule has 0 atom stereocenters. The SMILES string of the molecule is Cc1ncc(C(=O)Nc2cc(N3CCN(C)CC3)c(F)c(C(F)(F)F)c2)cc1-n1cc(-c2cncs2)nn1. The largest absolute Gasteiger partial charge is 0.419 e. The molecule has 3 aromatic heterocycles. The Morgan fingerprint density at radius 3 is 2.53 bits per heavy atom. The average molecular weight is 547 g/mol. The minimum Gasteiger partial charge on any atom is -0.367 e. The van der Waals surface area contributed by atoms with E-state index in [0.29, 0.717) is 49.3 Å². The molecule has 1 aliphatic heterocycles. The van der Waals surface area contributed by atoms with Crippen molar-refractivity contribution in [2.24, 2.45) is 0 Å². The molecule has 4 aromatic rings. The van der Waals surface area contributed by atoms with Gasteiger partial charge < -0.3 is 15.1 Å². The van der Waals surface area contributed by atoms with Crippen molar-refractivity contribution in [2.75, 3.05) is 43.4 Å². The van der Waals surface area contributed by atoms with E-state index in [0.717, 1.165) is 4.88 Å². The molecular formula is C24H22F4N8OS. The number of nitrogens with one attached hydrogen (secondary N) is 1. The Hall–Kier alpha value is -3.91. The van der Waals surface area contributed by atoms with Crippen molar-refractivity contribution < 1.29 is 22.4 Å². The zero-order chi connectivity index (χ0) is 27.0. The van der Waals surface area contributed by atoms with Crippen molar-refractivity contribution in [3.8, 4) is 16.3 Å². The Bertz CT molecular complexity index is 1460. The van der Waals surface area contributed by atoms with E-state index in [-0.39, 0.29) is 16.9 Å². The van der Waals surface area contributed by atoms with E-state index in [9.17, 15) is 22.4 Å². The van der Waals surface area contributed by atoms with E-state index >= 15 is 0 Å². The van der Waals surface area contributed by atoms with Gasteiger partial charge in [-0.25, -0.2) is 9.07 Å². The molecule has 1 N–H and O–H groups in total. The molecule has 0 unspecified atom stereocenters. The maximum atomic E-state index is 15.0. The van der Waals surface area contributed by atoms with Crippen molar-refractivity contribution in [3.05, 3.63) is 64.9 Å². The molecule has 1 aliphatic rings. The van der Waals surface area contributed by atoms with Gasteiger partial charge in [0.1, 0.15) is 5.69 Å². The fraction of sp³-hybridized carbons (Fsp3) is 0.292. The van der Waals surface area contributed by atoms with Crippen LogP contribution >= 0.6 is 11.3 Å². The quantitative estimate of drug-likeness (QED) is 0.374. The minimum atomic E-state index is -4.94. The van der Waals surface area contributed by atoms with E-state index in [4.69, 9.17) is 0 Å². The number of carbonyl (C=O) groups excluding carboxylic acids is 1. The second-order valence-corrected chi connectivity index (χ2v) is 9.73. The summed E-state index contributed by atoms with van der Waals surface area (Å²) in [6.07, 6.45) is -0.308. The fourth-order valence-electron chi connectivity index (χ4n) is 4.08. The summed E-state index contributed by atoms with van der Waals surface area (Å²) < 4.78 is 57.5. The first kappa shape index (κ1) is 25.7. The number of amides is 1. The summed E-state index contributed by atoms with van der Waals surface area (Å²) in [5.74, 6) is -2.06. The number of piperazine rings is 1. The van der Waals surface area contributed by atoms with Crippen LogP contribution in [0.3, 0.4) is 0 Å². The number of nitrogens with zero attached hydrogens (tertiary/aromatic N) is 7. The molecule has 9 nitrogen and oxygen atoms in total. The number of likely N-dealkylation sites (N-methyl/N-ethyl adjacent to an activating group) is 1. The molecule has 4 heterocycles. The van der Waals surface area contributed by atoms with Crippen molar-refractivity contribution >= 4 is 28.6 Å². The number of rotatable bonds is 5. The van der Waals surface area contributed by atoms with Crippen LogP contribution in [-0.4, -0.2) is 69.0 Å². The van der Waals surface area contributed by atoms with Gasteiger partial charge in [0.15, 0.2) is 5.82 Å². The Kier molecular flexibility index (Phi) is 6.84. The number of anilines is 2. The Morgan fingerprint density at radius 2 is 1.84 bits per heavy atom. The highest BCUT2D eigenvalue weighted by Gasteiger charge is 2.37. The van der Waals surface area contributed by atoms with Gasteiger partial charge in [0, 0.05) is 44.3 Å². The van der Waals surface area contributed by atoms with Gasteiger partial charge in [-0.3, -0.25) is 14.8 Å². The third-order valence-electron chi connectivity index (χ3n) is 6.21. The topological polar surface area (TPSA) is 92.1 Å². The van der Waals surface area contributed by atoms with Gasteiger partial charge in [0.05, 0.1) is 44.8 Å². The molecule has 0 saturated carbocycles. The molecule has 1 fully saturated rings. The first-order valence-electron chi connectivity index (χ1n) is 11.5. The lowest BCUT2D eigenvalue weighted by molar-refractivity contribution is -0.139. The van der Waals surface area contributed by atoms with Gasteiger partial charge in [-0.05, 0) is 32.2 Å². The zero-order valence-electron chi connectivity index (χ0n) is 20.3. The number of halogens is 4. The fourth-order valence-corrected chi connectivity index (χ4v) is 4.65. The van der Waals surface area contributed by atoms with E-state index < -0.39 is 23.5 Å². The highest BCUT2D eigenvalue weighted by Crippen LogP contribution is 2.38. The van der Waals surface area contributed by atoms with Crippen LogP contribution in [0.1, 0.15) is 21.6 Å². The molecule has 14 heteroatoms. The number of benzene rings is 1. The lowest BCUT2D eigenvalue weighted by atomic mass is 10.1. The highest BCUT2D eigenvalue weighted by atomic mass is 32.1. The summed E-state index contributed by atoms with van der Waals surface area (Å²) in [6.45, 7) is 3.58. The number of pyridine rings is 1. The maximum Gasteiger partial charge on any atom is 0.419 e. The van der Waals surface area contributed by atoms with Crippen LogP contribution in [-0.2, 0) is 6.18 Å². The Labute approximate surface area is 218 Å². The predicted molar refractivity (Wildman–Crippen MR) is 134 cm³/mol. The van der Waals surface area contributed by atoms with Gasteiger partial charge in [-0.15, -0.1) is 16.4 Å². The number of hydrogen-bond acceptors (Lipinski definition) is 8. The van der Waals surface area contributed by atoms with Crippen molar-refractivity contribution in [3.63, 3.8) is 0 Å². The normalized spacial score (nSPS) is 14.6. The van der Waals surface area contributed by atoms with Crippen LogP contribution in [0.4, 0.5) is 28.9 Å². The second-order valence-electron chi connectivity index (χ2n) is 8.84. The van der Waals surface area contributed by atoms with Gasteiger partial charge in [-0.2, -0.15) is 13.2 Å². The smallest absolute Gasteiger partial charge is 0.367 e. The van der Waals surface area contributed by atoms with Gasteiger partial charge >= 0.3 is 6.18 Å². The highest BCUT2D eigenvalue weighted by molar-refractivity contribution is 7.13. The van der Waals surface area contributed by atoms with Crippen LogP contribution in [0.2, 0.25) is 0 Å². The monoisotopic (exact) mass is 546 g/mol. The van der Waals surface area contributed by atoms with Gasteiger partial charge in [-0.1, -0.05) is 5.21 Å². The molecule has 1 amide bonds. The summed E-state index contributed by atoms with van der Waals surface area (Å²) >= 11 is 1.39. The second kappa shape index (κ2) is 10.1. The van der Waals surface area contributed by atoms with Crippen LogP contribution in [0.25, 0.3) is 16.3 Å². The lowest BCUT2D eigenvalue weighted by Gasteiger charge is -2.34. The van der Waals surface area contributed by atoms with Crippen LogP contribution in [0, 0.1) is 12.7 Å². The summed E-state index contributed by atoms with van der Waals surface area (Å²) in [6, 6.07) is 3.35. The van der Waals surface area contributed by atoms with E-state index in [1.165, 1.54) is 34.3 Å². The Morgan fingerprint density at radius 1 is 1.08 bits per heavy atom. The van der Waals surface area contributed by atoms with E-state index in [1.807, 2.05) is 11.9 Å². The van der Waals surface area contributed by atoms with Crippen LogP contribution < -0.4 is 10.2 Å². The molecule has 38 heavy (non-hydrogen) atoms. The predicted octanol–water partition coefficient (Wildman–Crippen LogP) is 4.26. The standard InChI is InChI=1S/C24H22F4N8OS/c1-14-19(36-12-18(32-33-36)21-11-29-13-38-21)7-15(10-30-14)23(37)31-16-8-17(24(26,27)28)22(25)20(9-16)35-5-3-34(2)4-6-35/h7-13H,3-6H2,1-2H3,(H,31,37). The summed E-state index contributed by atoms with van der Waals surface area (Å²) in [5, 5.41) is 10.7. The van der Waals surface area contributed by atoms with Crippen molar-refractivity contribution in [2.45, 2.75) is 13.1 Å². The zero-order valence-corrected chi connectivity index (χ0v) is 21.1. The molecule has 0 aliphatic carbocycles. The molecule has 1 aromatic carbocycles. The number of aromatic nitrogens is 5. The number of hydrogen-bond donors (Lipinski definition) is 1. The van der Waals surface area contributed by atoms with Crippen LogP contribution in [0.5, 0.6) is 0 Å². The average Bonchev–Trinajstić information content (AvgIpc) is 3.57.